The third kappa shape index (κ3) is 6.59. The summed E-state index contributed by atoms with van der Waals surface area (Å²) in [5.41, 5.74) is 2.23. The fourth-order valence-electron chi connectivity index (χ4n) is 4.07. The summed E-state index contributed by atoms with van der Waals surface area (Å²) in [7, 11) is -3.69. The van der Waals surface area contributed by atoms with E-state index in [0.717, 1.165) is 11.3 Å². The van der Waals surface area contributed by atoms with Gasteiger partial charge in [-0.2, -0.15) is 0 Å². The number of thiazole rings is 1. The van der Waals surface area contributed by atoms with E-state index in [-0.39, 0.29) is 16.1 Å². The molecular formula is C27H27N5O5S2. The number of carbonyl (C=O) groups excluding carboxylic acids is 1. The summed E-state index contributed by atoms with van der Waals surface area (Å²) in [6, 6.07) is 17.5. The monoisotopic (exact) mass is 565 g/mol. The second-order valence-electron chi connectivity index (χ2n) is 9.08. The molecule has 2 aromatic carbocycles. The molecule has 0 saturated carbocycles. The van der Waals surface area contributed by atoms with Crippen molar-refractivity contribution in [1.29, 1.82) is 0 Å². The molecule has 3 heterocycles. The molecule has 1 amide bonds. The number of aromatic nitrogens is 3. The van der Waals surface area contributed by atoms with Crippen molar-refractivity contribution in [2.45, 2.75) is 30.0 Å². The highest BCUT2D eigenvalue weighted by Gasteiger charge is 2.25. The van der Waals surface area contributed by atoms with Crippen LogP contribution in [0, 0.1) is 6.92 Å². The van der Waals surface area contributed by atoms with Gasteiger partial charge in [-0.25, -0.2) is 28.2 Å². The van der Waals surface area contributed by atoms with Gasteiger partial charge in [0.05, 0.1) is 30.7 Å². The van der Waals surface area contributed by atoms with Crippen LogP contribution in [0.4, 0.5) is 16.3 Å². The van der Waals surface area contributed by atoms with E-state index >= 15 is 0 Å². The Morgan fingerprint density at radius 2 is 1.90 bits per heavy atom. The molecule has 10 nitrogen and oxygen atoms in total. The number of morpholine rings is 1. The molecule has 0 bridgehead atoms. The van der Waals surface area contributed by atoms with Crippen molar-refractivity contribution in [2.24, 2.45) is 0 Å². The lowest BCUT2D eigenvalue weighted by molar-refractivity contribution is 0.0985. The van der Waals surface area contributed by atoms with Gasteiger partial charge in [0, 0.05) is 34.9 Å². The second-order valence-corrected chi connectivity index (χ2v) is 12.1. The van der Waals surface area contributed by atoms with Gasteiger partial charge in [-0.15, -0.1) is 11.3 Å². The zero-order chi connectivity index (χ0) is 27.4. The van der Waals surface area contributed by atoms with Gasteiger partial charge < -0.3 is 14.4 Å². The number of amides is 1. The summed E-state index contributed by atoms with van der Waals surface area (Å²) < 4.78 is 37.1. The van der Waals surface area contributed by atoms with Crippen LogP contribution in [-0.2, 0) is 20.3 Å². The number of hydrogen-bond acceptors (Lipinski definition) is 10. The number of hydrogen-bond donors (Lipinski definition) is 1. The first-order valence-electron chi connectivity index (χ1n) is 12.3. The van der Waals surface area contributed by atoms with Crippen LogP contribution >= 0.6 is 11.3 Å². The first-order valence-corrected chi connectivity index (χ1v) is 14.8. The number of benzene rings is 2. The molecule has 1 N–H and O–H groups in total. The maximum atomic E-state index is 13.1. The van der Waals surface area contributed by atoms with Crippen LogP contribution in [0.15, 0.2) is 70.4 Å². The minimum absolute atomic E-state index is 0.0646. The minimum atomic E-state index is -3.69. The molecule has 0 aliphatic carbocycles. The van der Waals surface area contributed by atoms with Gasteiger partial charge in [0.15, 0.2) is 5.82 Å². The van der Waals surface area contributed by atoms with Gasteiger partial charge in [0.2, 0.25) is 14.2 Å². The van der Waals surface area contributed by atoms with E-state index in [4.69, 9.17) is 14.5 Å². The lowest BCUT2D eigenvalue weighted by atomic mass is 10.2. The lowest BCUT2D eigenvalue weighted by Crippen LogP contribution is -2.44. The molecule has 1 aliphatic rings. The Bertz CT molecular complexity index is 1560. The van der Waals surface area contributed by atoms with Gasteiger partial charge in [-0.3, -0.25) is 5.32 Å². The average molecular weight is 566 g/mol. The van der Waals surface area contributed by atoms with E-state index in [1.807, 2.05) is 13.0 Å². The van der Waals surface area contributed by atoms with Crippen LogP contribution in [-0.4, -0.2) is 55.3 Å². The Labute approximate surface area is 230 Å². The quantitative estimate of drug-likeness (QED) is 0.339. The number of para-hydroxylation sites is 1. The number of anilines is 2. The Morgan fingerprint density at radius 3 is 2.59 bits per heavy atom. The van der Waals surface area contributed by atoms with Crippen molar-refractivity contribution in [2.75, 3.05) is 30.0 Å². The van der Waals surface area contributed by atoms with E-state index in [1.165, 1.54) is 0 Å². The van der Waals surface area contributed by atoms with Crippen LogP contribution in [0.25, 0.3) is 11.4 Å². The standard InChI is InChI=1S/C27H27N5O5S2/c1-18-16-38-27(28-18)39(34,35)17-22-14-24(32-12-13-36-15-19(32)2)31-25(29-22)20-8-10-21(11-9-20)30-26(33)37-23-6-4-3-5-7-23/h3-11,14,16,19H,12-13,15,17H2,1-2H3,(H,30,33)/t19-/m0/s1. The van der Waals surface area contributed by atoms with Crippen molar-refractivity contribution in [3.63, 3.8) is 0 Å². The molecule has 1 fully saturated rings. The van der Waals surface area contributed by atoms with E-state index in [0.29, 0.717) is 59.8 Å². The summed E-state index contributed by atoms with van der Waals surface area (Å²) in [5, 5.41) is 4.40. The van der Waals surface area contributed by atoms with Crippen molar-refractivity contribution in [3.05, 3.63) is 77.4 Å². The Hall–Kier alpha value is -3.87. The summed E-state index contributed by atoms with van der Waals surface area (Å²) in [6.45, 7) is 5.52. The van der Waals surface area contributed by atoms with Crippen LogP contribution < -0.4 is 15.0 Å². The van der Waals surface area contributed by atoms with Crippen LogP contribution in [0.1, 0.15) is 18.3 Å². The predicted molar refractivity (Wildman–Crippen MR) is 149 cm³/mol. The SMILES string of the molecule is Cc1csc(S(=O)(=O)Cc2cc(N3CCOC[C@@H]3C)nc(-c3ccc(NC(=O)Oc4ccccc4)cc3)n2)n1. The first kappa shape index (κ1) is 26.7. The maximum absolute atomic E-state index is 13.1. The topological polar surface area (TPSA) is 124 Å². The van der Waals surface area contributed by atoms with Crippen molar-refractivity contribution < 1.29 is 22.7 Å². The number of nitrogens with one attached hydrogen (secondary N) is 1. The van der Waals surface area contributed by atoms with E-state index in [1.54, 1.807) is 66.9 Å². The Balaban J connectivity index is 1.41. The van der Waals surface area contributed by atoms with Gasteiger partial charge in [0.1, 0.15) is 11.6 Å². The fourth-order valence-corrected chi connectivity index (χ4v) is 6.45. The fraction of sp³-hybridized carbons (Fsp3) is 0.259. The molecule has 12 heteroatoms. The summed E-state index contributed by atoms with van der Waals surface area (Å²) >= 11 is 1.10. The van der Waals surface area contributed by atoms with Gasteiger partial charge in [-0.05, 0) is 50.2 Å². The molecule has 2 aromatic heterocycles. The molecule has 0 radical (unpaired) electrons. The molecule has 0 spiro atoms. The zero-order valence-electron chi connectivity index (χ0n) is 21.4. The zero-order valence-corrected chi connectivity index (χ0v) is 23.0. The highest BCUT2D eigenvalue weighted by molar-refractivity contribution is 7.92. The van der Waals surface area contributed by atoms with Gasteiger partial charge in [0.25, 0.3) is 0 Å². The third-order valence-corrected chi connectivity index (χ3v) is 9.07. The Kier molecular flexibility index (Phi) is 7.87. The minimum Gasteiger partial charge on any atom is -0.410 e. The normalized spacial score (nSPS) is 15.6. The molecule has 5 rings (SSSR count). The maximum Gasteiger partial charge on any atom is 0.417 e. The smallest absolute Gasteiger partial charge is 0.410 e. The molecule has 1 aliphatic heterocycles. The molecule has 39 heavy (non-hydrogen) atoms. The van der Waals surface area contributed by atoms with E-state index in [9.17, 15) is 13.2 Å². The number of rotatable bonds is 7. The van der Waals surface area contributed by atoms with Gasteiger partial charge >= 0.3 is 6.09 Å². The number of ether oxygens (including phenoxy) is 2. The molecule has 4 aromatic rings. The summed E-state index contributed by atoms with van der Waals surface area (Å²) in [5.74, 6) is 1.14. The van der Waals surface area contributed by atoms with Crippen molar-refractivity contribution >= 4 is 38.8 Å². The summed E-state index contributed by atoms with van der Waals surface area (Å²) in [6.07, 6.45) is -0.613. The van der Waals surface area contributed by atoms with Crippen molar-refractivity contribution in [1.82, 2.24) is 15.0 Å². The molecule has 0 unspecified atom stereocenters. The van der Waals surface area contributed by atoms with Gasteiger partial charge in [-0.1, -0.05) is 18.2 Å². The van der Waals surface area contributed by atoms with Crippen LogP contribution in [0.2, 0.25) is 0 Å². The number of aryl methyl sites for hydroxylation is 1. The largest absolute Gasteiger partial charge is 0.417 e. The van der Waals surface area contributed by atoms with E-state index in [2.05, 4.69) is 20.2 Å². The number of carbonyl (C=O) groups is 1. The van der Waals surface area contributed by atoms with Crippen molar-refractivity contribution in [3.8, 4) is 17.1 Å². The second kappa shape index (κ2) is 11.5. The highest BCUT2D eigenvalue weighted by atomic mass is 32.2. The van der Waals surface area contributed by atoms with Crippen LogP contribution in [0.3, 0.4) is 0 Å². The molecule has 1 saturated heterocycles. The lowest BCUT2D eigenvalue weighted by Gasteiger charge is -2.34. The first-order chi connectivity index (χ1) is 18.8. The van der Waals surface area contributed by atoms with Crippen LogP contribution in [0.5, 0.6) is 5.75 Å². The molecule has 202 valence electrons. The summed E-state index contributed by atoms with van der Waals surface area (Å²) in [4.78, 5) is 27.9. The highest BCUT2D eigenvalue weighted by Crippen LogP contribution is 2.27. The molecule has 1 atom stereocenters. The Morgan fingerprint density at radius 1 is 1.13 bits per heavy atom. The van der Waals surface area contributed by atoms with E-state index < -0.39 is 15.9 Å². The number of sulfone groups is 1. The molecular weight excluding hydrogens is 538 g/mol. The average Bonchev–Trinajstić information content (AvgIpc) is 3.37. The predicted octanol–water partition coefficient (Wildman–Crippen LogP) is 4.72. The number of nitrogens with zero attached hydrogens (tertiary/aromatic N) is 4. The third-order valence-electron chi connectivity index (χ3n) is 5.97.